The van der Waals surface area contributed by atoms with Crippen molar-refractivity contribution < 1.29 is 12.8 Å². The predicted octanol–water partition coefficient (Wildman–Crippen LogP) is 3.37. The molecular weight excluding hydrogens is 333 g/mol. The van der Waals surface area contributed by atoms with Crippen molar-refractivity contribution in [3.05, 3.63) is 29.6 Å². The number of hydrogen-bond donors (Lipinski definition) is 1. The summed E-state index contributed by atoms with van der Waals surface area (Å²) in [6, 6.07) is 3.69. The molecule has 108 valence electrons. The van der Waals surface area contributed by atoms with Crippen LogP contribution in [-0.2, 0) is 10.0 Å². The van der Waals surface area contributed by atoms with Crippen molar-refractivity contribution in [3.63, 3.8) is 0 Å². The van der Waals surface area contributed by atoms with E-state index in [2.05, 4.69) is 20.7 Å². The van der Waals surface area contributed by atoms with Gasteiger partial charge in [0.05, 0.1) is 4.90 Å². The molecule has 0 saturated heterocycles. The third kappa shape index (κ3) is 5.58. The van der Waals surface area contributed by atoms with E-state index in [1.807, 2.05) is 0 Å². The molecule has 0 aliphatic rings. The molecule has 1 aromatic rings. The number of aryl methyl sites for hydroxylation is 1. The van der Waals surface area contributed by atoms with Crippen LogP contribution in [0.15, 0.2) is 23.1 Å². The van der Waals surface area contributed by atoms with E-state index < -0.39 is 15.8 Å². The lowest BCUT2D eigenvalue weighted by Crippen LogP contribution is -2.25. The van der Waals surface area contributed by atoms with Gasteiger partial charge in [0, 0.05) is 11.9 Å². The standard InChI is InChI=1S/C13H19BrFNO2S/c1-11-10-12(15)6-7-13(11)19(17,18)16-9-5-3-2-4-8-14/h6-7,10,16H,2-5,8-9H2,1H3. The Kier molecular flexibility index (Phi) is 6.96. The quantitative estimate of drug-likeness (QED) is 0.576. The highest BCUT2D eigenvalue weighted by Crippen LogP contribution is 2.15. The second kappa shape index (κ2) is 7.97. The molecule has 1 rings (SSSR count). The molecule has 0 unspecified atom stereocenters. The Balaban J connectivity index is 2.52. The number of sulfonamides is 1. The molecule has 1 N–H and O–H groups in total. The van der Waals surface area contributed by atoms with Gasteiger partial charge in [-0.1, -0.05) is 28.8 Å². The number of hydrogen-bond acceptors (Lipinski definition) is 2. The molecule has 0 radical (unpaired) electrons. The number of halogens is 2. The van der Waals surface area contributed by atoms with Gasteiger partial charge >= 0.3 is 0 Å². The maximum Gasteiger partial charge on any atom is 0.240 e. The molecule has 3 nitrogen and oxygen atoms in total. The van der Waals surface area contributed by atoms with E-state index in [4.69, 9.17) is 0 Å². The van der Waals surface area contributed by atoms with E-state index in [0.29, 0.717) is 12.1 Å². The van der Waals surface area contributed by atoms with Crippen molar-refractivity contribution in [2.45, 2.75) is 37.5 Å². The second-order valence-corrected chi connectivity index (χ2v) is 6.94. The first-order chi connectivity index (χ1) is 8.97. The van der Waals surface area contributed by atoms with Crippen LogP contribution in [0.4, 0.5) is 4.39 Å². The number of benzene rings is 1. The lowest BCUT2D eigenvalue weighted by Gasteiger charge is -2.09. The maximum absolute atomic E-state index is 12.9. The van der Waals surface area contributed by atoms with Gasteiger partial charge in [0.25, 0.3) is 0 Å². The van der Waals surface area contributed by atoms with Gasteiger partial charge in [0.2, 0.25) is 10.0 Å². The molecule has 0 saturated carbocycles. The molecule has 6 heteroatoms. The van der Waals surface area contributed by atoms with Crippen LogP contribution in [0.5, 0.6) is 0 Å². The zero-order valence-electron chi connectivity index (χ0n) is 11.0. The fourth-order valence-corrected chi connectivity index (χ4v) is 3.47. The third-order valence-corrected chi connectivity index (χ3v) is 4.96. The number of alkyl halides is 1. The molecule has 0 aliphatic heterocycles. The van der Waals surface area contributed by atoms with Crippen LogP contribution < -0.4 is 4.72 Å². The summed E-state index contributed by atoms with van der Waals surface area (Å²) >= 11 is 3.35. The van der Waals surface area contributed by atoms with E-state index >= 15 is 0 Å². The zero-order chi connectivity index (χ0) is 14.3. The Morgan fingerprint density at radius 1 is 1.21 bits per heavy atom. The fraction of sp³-hybridized carbons (Fsp3) is 0.538. The van der Waals surface area contributed by atoms with Gasteiger partial charge < -0.3 is 0 Å². The minimum absolute atomic E-state index is 0.148. The lowest BCUT2D eigenvalue weighted by atomic mass is 10.2. The van der Waals surface area contributed by atoms with E-state index in [-0.39, 0.29) is 4.90 Å². The van der Waals surface area contributed by atoms with Gasteiger partial charge in [0.1, 0.15) is 5.82 Å². The van der Waals surface area contributed by atoms with Crippen molar-refractivity contribution >= 4 is 26.0 Å². The van der Waals surface area contributed by atoms with Gasteiger partial charge in [-0.05, 0) is 43.5 Å². The Bertz CT molecular complexity index is 505. The highest BCUT2D eigenvalue weighted by molar-refractivity contribution is 9.09. The normalized spacial score (nSPS) is 11.7. The summed E-state index contributed by atoms with van der Waals surface area (Å²) in [7, 11) is -3.53. The SMILES string of the molecule is Cc1cc(F)ccc1S(=O)(=O)NCCCCCCBr. The summed E-state index contributed by atoms with van der Waals surface area (Å²) < 4.78 is 39.5. The molecule has 1 aromatic carbocycles. The van der Waals surface area contributed by atoms with Crippen molar-refractivity contribution in [2.24, 2.45) is 0 Å². The summed E-state index contributed by atoms with van der Waals surface area (Å²) in [5.74, 6) is -0.425. The second-order valence-electron chi connectivity index (χ2n) is 4.41. The molecule has 0 spiro atoms. The molecular formula is C13H19BrFNO2S. The van der Waals surface area contributed by atoms with Crippen LogP contribution in [0.3, 0.4) is 0 Å². The van der Waals surface area contributed by atoms with Gasteiger partial charge in [-0.2, -0.15) is 0 Å². The van der Waals surface area contributed by atoms with E-state index in [1.165, 1.54) is 12.1 Å². The van der Waals surface area contributed by atoms with Crippen LogP contribution in [0.2, 0.25) is 0 Å². The first-order valence-electron chi connectivity index (χ1n) is 6.29. The van der Waals surface area contributed by atoms with Crippen molar-refractivity contribution in [1.82, 2.24) is 4.72 Å². The summed E-state index contributed by atoms with van der Waals surface area (Å²) in [6.45, 7) is 2.01. The van der Waals surface area contributed by atoms with E-state index in [9.17, 15) is 12.8 Å². The first kappa shape index (κ1) is 16.6. The topological polar surface area (TPSA) is 46.2 Å². The lowest BCUT2D eigenvalue weighted by molar-refractivity contribution is 0.572. The van der Waals surface area contributed by atoms with E-state index in [0.717, 1.165) is 37.1 Å². The summed E-state index contributed by atoms with van der Waals surface area (Å²) in [4.78, 5) is 0.148. The minimum Gasteiger partial charge on any atom is -0.211 e. The maximum atomic E-state index is 12.9. The van der Waals surface area contributed by atoms with Crippen molar-refractivity contribution in [1.29, 1.82) is 0 Å². The minimum atomic E-state index is -3.53. The number of nitrogens with one attached hydrogen (secondary N) is 1. The Morgan fingerprint density at radius 3 is 2.53 bits per heavy atom. The van der Waals surface area contributed by atoms with Gasteiger partial charge in [-0.3, -0.25) is 0 Å². The number of unbranched alkanes of at least 4 members (excludes halogenated alkanes) is 3. The molecule has 0 heterocycles. The van der Waals surface area contributed by atoms with Crippen LogP contribution in [0.1, 0.15) is 31.2 Å². The summed E-state index contributed by atoms with van der Waals surface area (Å²) in [6.07, 6.45) is 4.00. The van der Waals surface area contributed by atoms with Crippen LogP contribution >= 0.6 is 15.9 Å². The molecule has 0 fully saturated rings. The zero-order valence-corrected chi connectivity index (χ0v) is 13.4. The summed E-state index contributed by atoms with van der Waals surface area (Å²) in [5.41, 5.74) is 0.423. The average Bonchev–Trinajstić information content (AvgIpc) is 2.33. The molecule has 0 aromatic heterocycles. The fourth-order valence-electron chi connectivity index (χ4n) is 1.77. The van der Waals surface area contributed by atoms with Crippen molar-refractivity contribution in [3.8, 4) is 0 Å². The van der Waals surface area contributed by atoms with Crippen LogP contribution in [0.25, 0.3) is 0 Å². The molecule has 0 atom stereocenters. The van der Waals surface area contributed by atoms with Crippen LogP contribution in [0, 0.1) is 12.7 Å². The highest BCUT2D eigenvalue weighted by Gasteiger charge is 2.16. The largest absolute Gasteiger partial charge is 0.240 e. The molecule has 0 bridgehead atoms. The highest BCUT2D eigenvalue weighted by atomic mass is 79.9. The van der Waals surface area contributed by atoms with E-state index in [1.54, 1.807) is 6.92 Å². The monoisotopic (exact) mass is 351 g/mol. The number of rotatable bonds is 8. The first-order valence-corrected chi connectivity index (χ1v) is 8.89. The average molecular weight is 352 g/mol. The van der Waals surface area contributed by atoms with Gasteiger partial charge in [-0.15, -0.1) is 0 Å². The molecule has 0 aliphatic carbocycles. The Morgan fingerprint density at radius 2 is 1.89 bits per heavy atom. The van der Waals surface area contributed by atoms with Gasteiger partial charge in [0.15, 0.2) is 0 Å². The molecule has 19 heavy (non-hydrogen) atoms. The smallest absolute Gasteiger partial charge is 0.211 e. The van der Waals surface area contributed by atoms with Crippen LogP contribution in [-0.4, -0.2) is 20.3 Å². The molecule has 0 amide bonds. The predicted molar refractivity (Wildman–Crippen MR) is 78.6 cm³/mol. The van der Waals surface area contributed by atoms with Gasteiger partial charge in [-0.25, -0.2) is 17.5 Å². The summed E-state index contributed by atoms with van der Waals surface area (Å²) in [5, 5.41) is 0.980. The Hall–Kier alpha value is -0.460. The Labute approximate surface area is 122 Å². The van der Waals surface area contributed by atoms with Crippen molar-refractivity contribution in [2.75, 3.05) is 11.9 Å². The third-order valence-electron chi connectivity index (χ3n) is 2.78.